The molecule has 1 N–H and O–H groups in total. The van der Waals surface area contributed by atoms with Crippen LogP contribution in [0.25, 0.3) is 0 Å². The Morgan fingerprint density at radius 3 is 2.73 bits per heavy atom. The Kier molecular flexibility index (Phi) is 5.37. The number of aromatic nitrogens is 4. The Labute approximate surface area is 151 Å². The molecule has 26 heavy (non-hydrogen) atoms. The van der Waals surface area contributed by atoms with Crippen LogP contribution in [0.3, 0.4) is 0 Å². The molecule has 0 aromatic carbocycles. The zero-order valence-corrected chi connectivity index (χ0v) is 15.6. The molecule has 1 amide bonds. The topological polar surface area (TPSA) is 123 Å². The third-order valence-corrected chi connectivity index (χ3v) is 5.75. The van der Waals surface area contributed by atoms with Crippen LogP contribution >= 0.6 is 0 Å². The van der Waals surface area contributed by atoms with Crippen LogP contribution in [-0.4, -0.2) is 64.2 Å². The highest BCUT2D eigenvalue weighted by Crippen LogP contribution is 2.26. The number of imidazole rings is 1. The maximum Gasteiger partial charge on any atom is 0.269 e. The fourth-order valence-electron chi connectivity index (χ4n) is 2.93. The van der Waals surface area contributed by atoms with Crippen molar-refractivity contribution in [2.45, 2.75) is 25.2 Å². The number of carbonyl (C=O) groups excluding carboxylic acids is 1. The highest BCUT2D eigenvalue weighted by molar-refractivity contribution is 7.88. The predicted molar refractivity (Wildman–Crippen MR) is 91.9 cm³/mol. The van der Waals surface area contributed by atoms with E-state index in [2.05, 4.69) is 20.4 Å². The van der Waals surface area contributed by atoms with Gasteiger partial charge in [-0.05, 0) is 12.8 Å². The molecule has 0 unspecified atom stereocenters. The van der Waals surface area contributed by atoms with Crippen LogP contribution in [0.2, 0.25) is 0 Å². The summed E-state index contributed by atoms with van der Waals surface area (Å²) in [4.78, 5) is 20.3. The van der Waals surface area contributed by atoms with Crippen molar-refractivity contribution in [1.82, 2.24) is 29.3 Å². The van der Waals surface area contributed by atoms with E-state index in [1.807, 2.05) is 0 Å². The van der Waals surface area contributed by atoms with E-state index in [0.717, 1.165) is 0 Å². The summed E-state index contributed by atoms with van der Waals surface area (Å²) in [5.74, 6) is 0.939. The van der Waals surface area contributed by atoms with Crippen molar-refractivity contribution in [1.29, 1.82) is 0 Å². The summed E-state index contributed by atoms with van der Waals surface area (Å²) >= 11 is 0. The second kappa shape index (κ2) is 7.54. The van der Waals surface area contributed by atoms with E-state index >= 15 is 0 Å². The molecule has 1 saturated heterocycles. The number of rotatable bonds is 6. The van der Waals surface area contributed by atoms with Gasteiger partial charge < -0.3 is 14.4 Å². The summed E-state index contributed by atoms with van der Waals surface area (Å²) in [6.07, 6.45) is 6.06. The molecule has 0 aliphatic carbocycles. The first kappa shape index (κ1) is 18.5. The molecule has 1 aliphatic heterocycles. The van der Waals surface area contributed by atoms with Gasteiger partial charge in [-0.1, -0.05) is 5.16 Å². The zero-order chi connectivity index (χ0) is 18.7. The second-order valence-corrected chi connectivity index (χ2v) is 8.36. The van der Waals surface area contributed by atoms with E-state index in [-0.39, 0.29) is 11.8 Å². The van der Waals surface area contributed by atoms with Crippen LogP contribution in [0.5, 0.6) is 0 Å². The van der Waals surface area contributed by atoms with E-state index < -0.39 is 10.0 Å². The number of piperidine rings is 1. The van der Waals surface area contributed by atoms with Crippen molar-refractivity contribution < 1.29 is 17.7 Å². The van der Waals surface area contributed by atoms with Gasteiger partial charge in [-0.3, -0.25) is 4.79 Å². The van der Waals surface area contributed by atoms with Crippen LogP contribution in [0.15, 0.2) is 17.0 Å². The van der Waals surface area contributed by atoms with E-state index in [0.29, 0.717) is 56.3 Å². The minimum Gasteiger partial charge on any atom is -0.350 e. The lowest BCUT2D eigenvalue weighted by molar-refractivity contribution is 0.0945. The molecule has 0 radical (unpaired) electrons. The molecule has 2 aromatic heterocycles. The molecule has 1 aliphatic rings. The third-order valence-electron chi connectivity index (χ3n) is 4.45. The van der Waals surface area contributed by atoms with Gasteiger partial charge >= 0.3 is 0 Å². The van der Waals surface area contributed by atoms with Gasteiger partial charge in [0.05, 0.1) is 18.8 Å². The largest absolute Gasteiger partial charge is 0.350 e. The maximum absolute atomic E-state index is 12.0. The standard InChI is InChI=1S/C15H22N6O4S/c1-20-10-16-9-12(20)15(22)17-6-3-13-18-14(19-25-13)11-4-7-21(8-5-11)26(2,23)24/h9-11H,3-8H2,1-2H3,(H,17,22). The van der Waals surface area contributed by atoms with Crippen LogP contribution in [0, 0.1) is 0 Å². The van der Waals surface area contributed by atoms with Gasteiger partial charge in [0.1, 0.15) is 5.69 Å². The second-order valence-electron chi connectivity index (χ2n) is 6.38. The van der Waals surface area contributed by atoms with Crippen LogP contribution < -0.4 is 5.32 Å². The zero-order valence-electron chi connectivity index (χ0n) is 14.8. The Balaban J connectivity index is 1.48. The molecule has 0 spiro atoms. The number of aryl methyl sites for hydroxylation is 1. The summed E-state index contributed by atoms with van der Waals surface area (Å²) in [5.41, 5.74) is 0.480. The lowest BCUT2D eigenvalue weighted by Gasteiger charge is -2.28. The van der Waals surface area contributed by atoms with Crippen molar-refractivity contribution in [2.24, 2.45) is 7.05 Å². The number of nitrogens with zero attached hydrogens (tertiary/aromatic N) is 5. The first-order valence-electron chi connectivity index (χ1n) is 8.36. The van der Waals surface area contributed by atoms with Crippen molar-refractivity contribution in [3.05, 3.63) is 29.9 Å². The van der Waals surface area contributed by atoms with Gasteiger partial charge in [0.15, 0.2) is 5.82 Å². The lowest BCUT2D eigenvalue weighted by Crippen LogP contribution is -2.37. The molecule has 11 heteroatoms. The molecule has 0 atom stereocenters. The highest BCUT2D eigenvalue weighted by atomic mass is 32.2. The molecule has 0 bridgehead atoms. The molecular weight excluding hydrogens is 360 g/mol. The maximum atomic E-state index is 12.0. The van der Waals surface area contributed by atoms with Crippen molar-refractivity contribution >= 4 is 15.9 Å². The summed E-state index contributed by atoms with van der Waals surface area (Å²) in [6.45, 7) is 1.31. The molecule has 2 aromatic rings. The van der Waals surface area contributed by atoms with Crippen molar-refractivity contribution in [2.75, 3.05) is 25.9 Å². The Hall–Kier alpha value is -2.27. The quantitative estimate of drug-likeness (QED) is 0.741. The average molecular weight is 382 g/mol. The normalized spacial score (nSPS) is 16.7. The van der Waals surface area contributed by atoms with Gasteiger partial charge in [-0.2, -0.15) is 4.98 Å². The molecule has 10 nitrogen and oxygen atoms in total. The minimum absolute atomic E-state index is 0.0922. The summed E-state index contributed by atoms with van der Waals surface area (Å²) in [6, 6.07) is 0. The SMILES string of the molecule is Cn1cncc1C(=O)NCCc1nc(C2CCN(S(C)(=O)=O)CC2)no1. The van der Waals surface area contributed by atoms with Crippen molar-refractivity contribution in [3.8, 4) is 0 Å². The fraction of sp³-hybridized carbons (Fsp3) is 0.600. The van der Waals surface area contributed by atoms with E-state index in [1.165, 1.54) is 16.8 Å². The smallest absolute Gasteiger partial charge is 0.269 e. The van der Waals surface area contributed by atoms with Crippen LogP contribution in [-0.2, 0) is 23.5 Å². The van der Waals surface area contributed by atoms with Crippen molar-refractivity contribution in [3.63, 3.8) is 0 Å². The first-order valence-corrected chi connectivity index (χ1v) is 10.2. The Morgan fingerprint density at radius 2 is 2.12 bits per heavy atom. The first-order chi connectivity index (χ1) is 12.3. The average Bonchev–Trinajstić information content (AvgIpc) is 3.23. The fourth-order valence-corrected chi connectivity index (χ4v) is 3.80. The molecule has 0 saturated carbocycles. The summed E-state index contributed by atoms with van der Waals surface area (Å²) < 4.78 is 31.5. The molecule has 3 rings (SSSR count). The van der Waals surface area contributed by atoms with Gasteiger partial charge in [0.25, 0.3) is 5.91 Å². The number of hydrogen-bond acceptors (Lipinski definition) is 7. The third kappa shape index (κ3) is 4.28. The number of carbonyl (C=O) groups is 1. The number of hydrogen-bond donors (Lipinski definition) is 1. The monoisotopic (exact) mass is 382 g/mol. The summed E-state index contributed by atoms with van der Waals surface area (Å²) in [5, 5.41) is 6.79. The molecular formula is C15H22N6O4S. The van der Waals surface area contributed by atoms with Gasteiger partial charge in [-0.25, -0.2) is 17.7 Å². The minimum atomic E-state index is -3.15. The molecule has 142 valence electrons. The van der Waals surface area contributed by atoms with E-state index in [1.54, 1.807) is 17.9 Å². The summed E-state index contributed by atoms with van der Waals surface area (Å²) in [7, 11) is -1.39. The number of sulfonamides is 1. The van der Waals surface area contributed by atoms with Crippen LogP contribution in [0.1, 0.15) is 41.0 Å². The van der Waals surface area contributed by atoms with E-state index in [4.69, 9.17) is 4.52 Å². The lowest BCUT2D eigenvalue weighted by atomic mass is 9.97. The van der Waals surface area contributed by atoms with Gasteiger partial charge in [-0.15, -0.1) is 0 Å². The predicted octanol–water partition coefficient (Wildman–Crippen LogP) is -0.0854. The Bertz CT molecular complexity index is 866. The van der Waals surface area contributed by atoms with Gasteiger partial charge in [0, 0.05) is 39.0 Å². The molecule has 3 heterocycles. The van der Waals surface area contributed by atoms with Crippen LogP contribution in [0.4, 0.5) is 0 Å². The number of nitrogens with one attached hydrogen (secondary N) is 1. The Morgan fingerprint density at radius 1 is 1.38 bits per heavy atom. The van der Waals surface area contributed by atoms with E-state index in [9.17, 15) is 13.2 Å². The molecule has 1 fully saturated rings. The highest BCUT2D eigenvalue weighted by Gasteiger charge is 2.28. The number of amides is 1. The van der Waals surface area contributed by atoms with Gasteiger partial charge in [0.2, 0.25) is 15.9 Å².